The summed E-state index contributed by atoms with van der Waals surface area (Å²) in [7, 11) is 1.49. The normalized spacial score (nSPS) is 11.1. The summed E-state index contributed by atoms with van der Waals surface area (Å²) < 4.78 is 2.04. The molecule has 0 saturated carbocycles. The largest absolute Gasteiger partial charge is 0.507 e. The molecule has 102 valence electrons. The van der Waals surface area contributed by atoms with Crippen molar-refractivity contribution in [3.63, 3.8) is 0 Å². The molecule has 7 nitrogen and oxygen atoms in total. The van der Waals surface area contributed by atoms with Gasteiger partial charge in [-0.3, -0.25) is 9.36 Å². The van der Waals surface area contributed by atoms with E-state index in [0.717, 1.165) is 0 Å². The highest BCUT2D eigenvalue weighted by Crippen LogP contribution is 2.28. The molecule has 0 bridgehead atoms. The zero-order valence-electron chi connectivity index (χ0n) is 10.4. The van der Waals surface area contributed by atoms with Gasteiger partial charge in [-0.2, -0.15) is 4.73 Å². The van der Waals surface area contributed by atoms with Crippen molar-refractivity contribution in [3.05, 3.63) is 39.4 Å². The van der Waals surface area contributed by atoms with Gasteiger partial charge in [-0.15, -0.1) is 0 Å². The van der Waals surface area contributed by atoms with E-state index in [0.29, 0.717) is 10.3 Å². The lowest BCUT2D eigenvalue weighted by Gasteiger charge is -2.03. The van der Waals surface area contributed by atoms with Gasteiger partial charge >= 0.3 is 0 Å². The van der Waals surface area contributed by atoms with Crippen LogP contribution < -0.4 is 5.56 Å². The number of benzene rings is 1. The molecule has 0 aliphatic rings. The molecule has 3 rings (SSSR count). The SMILES string of the molecule is Cn1c(=S)[nH]c2nc(-c3ccccc3O)n(O)c2c1=O. The number of rotatable bonds is 1. The number of fused-ring (bicyclic) bond motifs is 1. The number of H-pyrrole nitrogens is 1. The summed E-state index contributed by atoms with van der Waals surface area (Å²) in [5.74, 6) is 0.0144. The molecule has 2 heterocycles. The second-order valence-corrected chi connectivity index (χ2v) is 4.64. The number of aromatic hydroxyl groups is 1. The van der Waals surface area contributed by atoms with Crippen molar-refractivity contribution in [3.8, 4) is 17.1 Å². The van der Waals surface area contributed by atoms with Crippen molar-refractivity contribution in [1.29, 1.82) is 0 Å². The number of hydrogen-bond donors (Lipinski definition) is 3. The molecule has 0 unspecified atom stereocenters. The number of imidazole rings is 1. The number of para-hydroxylation sites is 1. The van der Waals surface area contributed by atoms with Gasteiger partial charge in [-0.25, -0.2) is 4.98 Å². The summed E-state index contributed by atoms with van der Waals surface area (Å²) in [5, 5.41) is 20.0. The summed E-state index contributed by atoms with van der Waals surface area (Å²) in [5.41, 5.74) is -0.0220. The van der Waals surface area contributed by atoms with Gasteiger partial charge in [-0.05, 0) is 24.4 Å². The van der Waals surface area contributed by atoms with Crippen molar-refractivity contribution < 1.29 is 10.3 Å². The van der Waals surface area contributed by atoms with E-state index in [2.05, 4.69) is 9.97 Å². The number of aromatic nitrogens is 4. The van der Waals surface area contributed by atoms with Crippen molar-refractivity contribution in [1.82, 2.24) is 19.3 Å². The second-order valence-electron chi connectivity index (χ2n) is 4.26. The maximum atomic E-state index is 12.1. The fraction of sp³-hybridized carbons (Fsp3) is 0.0833. The Morgan fingerprint density at radius 1 is 1.35 bits per heavy atom. The quantitative estimate of drug-likeness (QED) is 0.465. The summed E-state index contributed by atoms with van der Waals surface area (Å²) in [4.78, 5) is 19.0. The Morgan fingerprint density at radius 2 is 2.05 bits per heavy atom. The van der Waals surface area contributed by atoms with Crippen LogP contribution in [0.15, 0.2) is 29.1 Å². The van der Waals surface area contributed by atoms with E-state index < -0.39 is 5.56 Å². The monoisotopic (exact) mass is 290 g/mol. The minimum absolute atomic E-state index is 0.0284. The van der Waals surface area contributed by atoms with Crippen LogP contribution in [0.3, 0.4) is 0 Å². The van der Waals surface area contributed by atoms with E-state index in [9.17, 15) is 15.1 Å². The molecule has 0 aliphatic heterocycles. The summed E-state index contributed by atoms with van der Waals surface area (Å²) in [6.07, 6.45) is 0. The molecule has 0 spiro atoms. The van der Waals surface area contributed by atoms with E-state index in [1.807, 2.05) is 0 Å². The van der Waals surface area contributed by atoms with Crippen molar-refractivity contribution >= 4 is 23.4 Å². The minimum atomic E-state index is -0.472. The summed E-state index contributed by atoms with van der Waals surface area (Å²) in [6, 6.07) is 6.39. The van der Waals surface area contributed by atoms with Crippen LogP contribution in [0, 0.1) is 4.77 Å². The molecule has 0 radical (unpaired) electrons. The van der Waals surface area contributed by atoms with Gasteiger partial charge in [0.15, 0.2) is 21.8 Å². The molecule has 2 aromatic heterocycles. The number of nitrogens with one attached hydrogen (secondary N) is 1. The van der Waals surface area contributed by atoms with Crippen LogP contribution in [0.5, 0.6) is 5.75 Å². The van der Waals surface area contributed by atoms with Crippen LogP contribution in [-0.2, 0) is 7.05 Å². The predicted molar refractivity (Wildman–Crippen MR) is 74.4 cm³/mol. The topological polar surface area (TPSA) is 96.1 Å². The molecule has 1 aromatic carbocycles. The van der Waals surface area contributed by atoms with Crippen LogP contribution in [0.2, 0.25) is 0 Å². The zero-order valence-corrected chi connectivity index (χ0v) is 11.2. The predicted octanol–water partition coefficient (Wildman–Crippen LogP) is 1.40. The van der Waals surface area contributed by atoms with Crippen LogP contribution >= 0.6 is 12.2 Å². The van der Waals surface area contributed by atoms with Gasteiger partial charge in [0.2, 0.25) is 0 Å². The Hall–Kier alpha value is -2.61. The number of nitrogens with zero attached hydrogens (tertiary/aromatic N) is 3. The van der Waals surface area contributed by atoms with Crippen molar-refractivity contribution in [2.24, 2.45) is 7.05 Å². The highest BCUT2D eigenvalue weighted by Gasteiger charge is 2.18. The van der Waals surface area contributed by atoms with Gasteiger partial charge in [0.05, 0.1) is 5.56 Å². The fourth-order valence-corrected chi connectivity index (χ4v) is 2.14. The Balaban J connectivity index is 2.44. The van der Waals surface area contributed by atoms with Gasteiger partial charge in [0.25, 0.3) is 5.56 Å². The Morgan fingerprint density at radius 3 is 2.75 bits per heavy atom. The van der Waals surface area contributed by atoms with E-state index in [-0.39, 0.29) is 27.5 Å². The van der Waals surface area contributed by atoms with Crippen molar-refractivity contribution in [2.75, 3.05) is 0 Å². The van der Waals surface area contributed by atoms with Crippen molar-refractivity contribution in [2.45, 2.75) is 0 Å². The number of aromatic amines is 1. The first-order valence-electron chi connectivity index (χ1n) is 5.70. The smallest absolute Gasteiger partial charge is 0.283 e. The Kier molecular flexibility index (Phi) is 2.61. The third-order valence-electron chi connectivity index (χ3n) is 3.04. The first kappa shape index (κ1) is 12.4. The number of phenolic OH excluding ortho intramolecular Hbond substituents is 1. The molecule has 20 heavy (non-hydrogen) atoms. The van der Waals surface area contributed by atoms with Crippen LogP contribution in [0.4, 0.5) is 0 Å². The fourth-order valence-electron chi connectivity index (χ4n) is 1.96. The van der Waals surface area contributed by atoms with Gasteiger partial charge in [0.1, 0.15) is 5.75 Å². The molecule has 0 amide bonds. The molecular weight excluding hydrogens is 280 g/mol. The average molecular weight is 290 g/mol. The van der Waals surface area contributed by atoms with Crippen LogP contribution in [-0.4, -0.2) is 29.6 Å². The molecule has 0 atom stereocenters. The highest BCUT2D eigenvalue weighted by atomic mass is 32.1. The van der Waals surface area contributed by atoms with E-state index in [4.69, 9.17) is 12.2 Å². The standard InChI is InChI=1S/C12H10N4O3S/c1-15-11(18)8-9(14-12(15)20)13-10(16(8)19)6-4-2-3-5-7(6)17/h2-5,17,19H,1H3,(H,14,20). The van der Waals surface area contributed by atoms with Gasteiger partial charge < -0.3 is 15.3 Å². The summed E-state index contributed by atoms with van der Waals surface area (Å²) >= 11 is 4.99. The lowest BCUT2D eigenvalue weighted by molar-refractivity contribution is 0.202. The average Bonchev–Trinajstić information content (AvgIpc) is 2.74. The van der Waals surface area contributed by atoms with Crippen LogP contribution in [0.25, 0.3) is 22.6 Å². The van der Waals surface area contributed by atoms with Crippen LogP contribution in [0.1, 0.15) is 0 Å². The number of phenols is 1. The first-order chi connectivity index (χ1) is 9.50. The molecule has 0 aliphatic carbocycles. The maximum Gasteiger partial charge on any atom is 0.283 e. The molecule has 3 aromatic rings. The molecule has 0 fully saturated rings. The third-order valence-corrected chi connectivity index (χ3v) is 3.41. The van der Waals surface area contributed by atoms with E-state index >= 15 is 0 Å². The highest BCUT2D eigenvalue weighted by molar-refractivity contribution is 7.71. The molecule has 0 saturated heterocycles. The van der Waals surface area contributed by atoms with E-state index in [1.165, 1.54) is 17.7 Å². The number of hydrogen-bond acceptors (Lipinski definition) is 5. The van der Waals surface area contributed by atoms with E-state index in [1.54, 1.807) is 18.2 Å². The third kappa shape index (κ3) is 1.62. The summed E-state index contributed by atoms with van der Waals surface area (Å²) in [6.45, 7) is 0. The lowest BCUT2D eigenvalue weighted by Crippen LogP contribution is -2.20. The maximum absolute atomic E-state index is 12.1. The molecule has 3 N–H and O–H groups in total. The molecule has 8 heteroatoms. The Bertz CT molecular complexity index is 938. The second kappa shape index (κ2) is 4.20. The molecular formula is C12H10N4O3S. The first-order valence-corrected chi connectivity index (χ1v) is 6.11. The lowest BCUT2D eigenvalue weighted by atomic mass is 10.2. The minimum Gasteiger partial charge on any atom is -0.507 e. The van der Waals surface area contributed by atoms with Gasteiger partial charge in [-0.1, -0.05) is 12.1 Å². The van der Waals surface area contributed by atoms with Gasteiger partial charge in [0, 0.05) is 7.05 Å². The Labute approximate surface area is 117 Å². The zero-order chi connectivity index (χ0) is 14.4.